The molecule has 0 spiro atoms. The average Bonchev–Trinajstić information content (AvgIpc) is 2.99. The number of nitrogens with one attached hydrogen (secondary N) is 1. The van der Waals surface area contributed by atoms with Crippen molar-refractivity contribution in [3.63, 3.8) is 0 Å². The Kier molecular flexibility index (Phi) is 5.17. The number of nitrogens with two attached hydrogens (primary N) is 1. The first-order valence-electron chi connectivity index (χ1n) is 7.64. The highest BCUT2D eigenvalue weighted by molar-refractivity contribution is 8.00. The summed E-state index contributed by atoms with van der Waals surface area (Å²) in [5.41, 5.74) is 7.83. The van der Waals surface area contributed by atoms with Crippen LogP contribution in [0.4, 0.5) is 0 Å². The zero-order valence-corrected chi connectivity index (χ0v) is 16.0. The predicted octanol–water partition coefficient (Wildman–Crippen LogP) is 3.97. The minimum Gasteiger partial charge on any atom is -0.369 e. The van der Waals surface area contributed by atoms with Crippen LogP contribution in [0, 0.1) is 6.92 Å². The maximum absolute atomic E-state index is 12.6. The van der Waals surface area contributed by atoms with Crippen LogP contribution in [0.15, 0.2) is 33.5 Å². The Balaban J connectivity index is 2.06. The molecule has 2 aromatic heterocycles. The van der Waals surface area contributed by atoms with Crippen molar-refractivity contribution in [2.75, 3.05) is 0 Å². The van der Waals surface area contributed by atoms with E-state index in [2.05, 4.69) is 9.97 Å². The summed E-state index contributed by atoms with van der Waals surface area (Å²) in [6.07, 6.45) is 0.571. The van der Waals surface area contributed by atoms with Gasteiger partial charge in [0.05, 0.1) is 10.6 Å². The van der Waals surface area contributed by atoms with Gasteiger partial charge in [-0.2, -0.15) is 0 Å². The van der Waals surface area contributed by atoms with Gasteiger partial charge in [-0.25, -0.2) is 4.98 Å². The van der Waals surface area contributed by atoms with Crippen molar-refractivity contribution in [3.8, 4) is 11.1 Å². The number of hydrogen-bond donors (Lipinski definition) is 2. The van der Waals surface area contributed by atoms with Gasteiger partial charge in [-0.15, -0.1) is 11.3 Å². The second-order valence-corrected chi connectivity index (χ2v) is 8.04. The summed E-state index contributed by atoms with van der Waals surface area (Å²) in [6.45, 7) is 3.79. The molecule has 3 aromatic rings. The summed E-state index contributed by atoms with van der Waals surface area (Å²) in [7, 11) is 0. The number of thioether (sulfide) groups is 1. The third-order valence-electron chi connectivity index (χ3n) is 3.83. The van der Waals surface area contributed by atoms with E-state index in [1.807, 2.05) is 37.4 Å². The fourth-order valence-electron chi connectivity index (χ4n) is 2.49. The van der Waals surface area contributed by atoms with E-state index in [9.17, 15) is 9.59 Å². The first-order chi connectivity index (χ1) is 11.9. The monoisotopic (exact) mass is 393 g/mol. The number of aromatic nitrogens is 2. The van der Waals surface area contributed by atoms with Crippen molar-refractivity contribution in [3.05, 3.63) is 44.5 Å². The molecule has 1 aromatic carbocycles. The lowest BCUT2D eigenvalue weighted by atomic mass is 10.0. The van der Waals surface area contributed by atoms with E-state index < -0.39 is 11.2 Å². The number of fused-ring (bicyclic) bond motifs is 1. The maximum Gasteiger partial charge on any atom is 0.260 e. The standard InChI is InChI=1S/C17H16ClN3O2S2/c1-3-12(14(19)22)25-17-20-15(23)13-10(7-24-16(13)21-17)9-4-5-11(18)8(2)6-9/h4-7,12H,3H2,1-2H3,(H2,19,22)(H,20,21,23). The summed E-state index contributed by atoms with van der Waals surface area (Å²) in [5, 5.41) is 3.13. The number of aryl methyl sites for hydroxylation is 1. The fourth-order valence-corrected chi connectivity index (χ4v) is 4.46. The van der Waals surface area contributed by atoms with Crippen LogP contribution in [0.25, 0.3) is 21.3 Å². The van der Waals surface area contributed by atoms with Gasteiger partial charge in [0.15, 0.2) is 5.16 Å². The summed E-state index contributed by atoms with van der Waals surface area (Å²) >= 11 is 8.66. The number of aromatic amines is 1. The average molecular weight is 394 g/mol. The lowest BCUT2D eigenvalue weighted by Gasteiger charge is -2.09. The van der Waals surface area contributed by atoms with Crippen molar-refractivity contribution < 1.29 is 4.79 Å². The van der Waals surface area contributed by atoms with E-state index in [0.717, 1.165) is 16.7 Å². The molecule has 3 N–H and O–H groups in total. The van der Waals surface area contributed by atoms with Gasteiger partial charge in [0.1, 0.15) is 4.83 Å². The molecular formula is C17H16ClN3O2S2. The number of primary amides is 1. The van der Waals surface area contributed by atoms with E-state index in [-0.39, 0.29) is 5.56 Å². The van der Waals surface area contributed by atoms with Crippen molar-refractivity contribution >= 4 is 50.8 Å². The topological polar surface area (TPSA) is 88.8 Å². The van der Waals surface area contributed by atoms with E-state index in [4.69, 9.17) is 17.3 Å². The van der Waals surface area contributed by atoms with Gasteiger partial charge in [0, 0.05) is 16.0 Å². The Bertz CT molecular complexity index is 1010. The van der Waals surface area contributed by atoms with Crippen LogP contribution < -0.4 is 11.3 Å². The van der Waals surface area contributed by atoms with E-state index in [1.54, 1.807) is 0 Å². The Morgan fingerprint density at radius 3 is 2.88 bits per heavy atom. The first-order valence-corrected chi connectivity index (χ1v) is 9.78. The molecule has 130 valence electrons. The molecule has 0 aliphatic heterocycles. The SMILES string of the molecule is CCC(Sc1nc2scc(-c3ccc(Cl)c(C)c3)c2c(=O)[nH]1)C(N)=O. The second-order valence-electron chi connectivity index (χ2n) is 5.58. The molecule has 0 bridgehead atoms. The van der Waals surface area contributed by atoms with Crippen LogP contribution in [0.5, 0.6) is 0 Å². The Labute approximate surface area is 157 Å². The second kappa shape index (κ2) is 7.19. The molecule has 2 heterocycles. The third kappa shape index (κ3) is 3.58. The van der Waals surface area contributed by atoms with Gasteiger partial charge >= 0.3 is 0 Å². The zero-order valence-electron chi connectivity index (χ0n) is 13.6. The van der Waals surface area contributed by atoms with Gasteiger partial charge in [-0.3, -0.25) is 9.59 Å². The molecule has 25 heavy (non-hydrogen) atoms. The van der Waals surface area contributed by atoms with Gasteiger partial charge < -0.3 is 10.7 Å². The summed E-state index contributed by atoms with van der Waals surface area (Å²) in [4.78, 5) is 31.9. The van der Waals surface area contributed by atoms with Crippen molar-refractivity contribution in [2.24, 2.45) is 5.73 Å². The number of thiophene rings is 1. The molecule has 1 amide bonds. The minimum atomic E-state index is -0.418. The number of H-pyrrole nitrogens is 1. The number of halogens is 1. The van der Waals surface area contributed by atoms with Crippen LogP contribution in [0.1, 0.15) is 18.9 Å². The quantitative estimate of drug-likeness (QED) is 0.507. The molecule has 0 saturated heterocycles. The molecule has 0 aliphatic carbocycles. The summed E-state index contributed by atoms with van der Waals surface area (Å²) in [5.74, 6) is -0.418. The molecule has 8 heteroatoms. The number of carbonyl (C=O) groups excluding carboxylic acids is 1. The number of benzene rings is 1. The Hall–Kier alpha value is -1.83. The predicted molar refractivity (Wildman–Crippen MR) is 105 cm³/mol. The van der Waals surface area contributed by atoms with Crippen LogP contribution >= 0.6 is 34.7 Å². The van der Waals surface area contributed by atoms with Gasteiger partial charge in [0.2, 0.25) is 5.91 Å². The zero-order chi connectivity index (χ0) is 18.1. The normalized spacial score (nSPS) is 12.4. The van der Waals surface area contributed by atoms with Crippen LogP contribution in [-0.4, -0.2) is 21.1 Å². The number of hydrogen-bond acceptors (Lipinski definition) is 5. The van der Waals surface area contributed by atoms with Gasteiger partial charge in [-0.1, -0.05) is 36.4 Å². The number of amides is 1. The summed E-state index contributed by atoms with van der Waals surface area (Å²) < 4.78 is 0. The van der Waals surface area contributed by atoms with E-state index in [1.165, 1.54) is 23.1 Å². The van der Waals surface area contributed by atoms with Gasteiger partial charge in [0.25, 0.3) is 5.56 Å². The number of carbonyl (C=O) groups is 1. The van der Waals surface area contributed by atoms with Crippen LogP contribution in [0.3, 0.4) is 0 Å². The lowest BCUT2D eigenvalue weighted by molar-refractivity contribution is -0.117. The molecule has 1 atom stereocenters. The highest BCUT2D eigenvalue weighted by Gasteiger charge is 2.18. The maximum atomic E-state index is 12.6. The molecule has 3 rings (SSSR count). The molecule has 5 nitrogen and oxygen atoms in total. The van der Waals surface area contributed by atoms with E-state index in [0.29, 0.717) is 26.8 Å². The lowest BCUT2D eigenvalue weighted by Crippen LogP contribution is -2.25. The van der Waals surface area contributed by atoms with Gasteiger partial charge in [-0.05, 0) is 36.6 Å². The molecular weight excluding hydrogens is 378 g/mol. The summed E-state index contributed by atoms with van der Waals surface area (Å²) in [6, 6.07) is 5.66. The number of rotatable bonds is 5. The molecule has 0 aliphatic rings. The molecule has 0 fully saturated rings. The smallest absolute Gasteiger partial charge is 0.260 e. The van der Waals surface area contributed by atoms with Crippen molar-refractivity contribution in [1.29, 1.82) is 0 Å². The first kappa shape index (κ1) is 18.0. The highest BCUT2D eigenvalue weighted by Crippen LogP contribution is 2.33. The van der Waals surface area contributed by atoms with Crippen LogP contribution in [-0.2, 0) is 4.79 Å². The largest absolute Gasteiger partial charge is 0.369 e. The van der Waals surface area contributed by atoms with Crippen molar-refractivity contribution in [2.45, 2.75) is 30.7 Å². The minimum absolute atomic E-state index is 0.226. The molecule has 1 unspecified atom stereocenters. The number of nitrogens with zero attached hydrogens (tertiary/aromatic N) is 1. The Morgan fingerprint density at radius 1 is 1.48 bits per heavy atom. The molecule has 0 saturated carbocycles. The van der Waals surface area contributed by atoms with Crippen molar-refractivity contribution in [1.82, 2.24) is 9.97 Å². The fraction of sp³-hybridized carbons (Fsp3) is 0.235. The molecule has 0 radical (unpaired) electrons. The van der Waals surface area contributed by atoms with E-state index >= 15 is 0 Å². The highest BCUT2D eigenvalue weighted by atomic mass is 35.5. The third-order valence-corrected chi connectivity index (χ3v) is 6.40. The van der Waals surface area contributed by atoms with Crippen LogP contribution in [0.2, 0.25) is 5.02 Å². The Morgan fingerprint density at radius 2 is 2.24 bits per heavy atom.